The Balaban J connectivity index is 1.87. The van der Waals surface area contributed by atoms with Gasteiger partial charge in [-0.3, -0.25) is 10.1 Å². The third kappa shape index (κ3) is 6.80. The number of nitrogens with one attached hydrogen (secondary N) is 3. The number of hydrogen-bond acceptors (Lipinski definition) is 4. The molecular formula is C22H30N3O4+. The number of urea groups is 1. The zero-order valence-corrected chi connectivity index (χ0v) is 17.7. The number of aryl methyl sites for hydroxylation is 2. The first-order valence-corrected chi connectivity index (χ1v) is 9.61. The van der Waals surface area contributed by atoms with Crippen LogP contribution in [0.25, 0.3) is 0 Å². The number of benzene rings is 2. The summed E-state index contributed by atoms with van der Waals surface area (Å²) in [5, 5.41) is 5.09. The molecule has 156 valence electrons. The quantitative estimate of drug-likeness (QED) is 0.634. The van der Waals surface area contributed by atoms with Crippen molar-refractivity contribution in [3.8, 4) is 11.5 Å². The first-order valence-electron chi connectivity index (χ1n) is 9.61. The Labute approximate surface area is 172 Å². The molecule has 2 aromatic rings. The van der Waals surface area contributed by atoms with Crippen LogP contribution in [0.4, 0.5) is 10.5 Å². The van der Waals surface area contributed by atoms with E-state index in [-0.39, 0.29) is 12.5 Å². The minimum Gasteiger partial charge on any atom is -0.493 e. The largest absolute Gasteiger partial charge is 0.493 e. The molecule has 7 nitrogen and oxygen atoms in total. The van der Waals surface area contributed by atoms with Crippen LogP contribution in [0.3, 0.4) is 0 Å². The van der Waals surface area contributed by atoms with E-state index in [0.29, 0.717) is 30.3 Å². The van der Waals surface area contributed by atoms with Crippen molar-refractivity contribution in [3.63, 3.8) is 0 Å². The van der Waals surface area contributed by atoms with Gasteiger partial charge in [-0.1, -0.05) is 17.7 Å². The van der Waals surface area contributed by atoms with Crippen molar-refractivity contribution in [1.29, 1.82) is 0 Å². The summed E-state index contributed by atoms with van der Waals surface area (Å²) in [6.07, 6.45) is 0. The van der Waals surface area contributed by atoms with Gasteiger partial charge in [0.15, 0.2) is 18.0 Å². The number of hydrogen-bond donors (Lipinski definition) is 3. The standard InChI is InChI=1S/C22H29N3O4/c1-6-29-19-10-8-17(12-20(19)28-5)13-25(4)14-21(26)24-22(27)23-18-9-7-15(2)11-16(18)3/h7-12H,6,13-14H2,1-5H3,(H2,23,24,26,27)/p+1. The minimum absolute atomic E-state index is 0.163. The summed E-state index contributed by atoms with van der Waals surface area (Å²) in [7, 11) is 3.49. The first-order chi connectivity index (χ1) is 13.8. The number of rotatable bonds is 8. The van der Waals surface area contributed by atoms with E-state index < -0.39 is 6.03 Å². The molecule has 0 saturated heterocycles. The van der Waals surface area contributed by atoms with Gasteiger partial charge in [0.25, 0.3) is 5.91 Å². The average Bonchev–Trinajstić information content (AvgIpc) is 2.65. The molecule has 0 aliphatic rings. The Hall–Kier alpha value is -3.06. The fraction of sp³-hybridized carbons (Fsp3) is 0.364. The van der Waals surface area contributed by atoms with Crippen LogP contribution in [-0.2, 0) is 11.3 Å². The van der Waals surface area contributed by atoms with Gasteiger partial charge in [-0.2, -0.15) is 0 Å². The Morgan fingerprint density at radius 2 is 1.83 bits per heavy atom. The van der Waals surface area contributed by atoms with Gasteiger partial charge in [0.2, 0.25) is 0 Å². The molecule has 29 heavy (non-hydrogen) atoms. The summed E-state index contributed by atoms with van der Waals surface area (Å²) in [5.74, 6) is 1.01. The fourth-order valence-electron chi connectivity index (χ4n) is 3.06. The van der Waals surface area contributed by atoms with Crippen LogP contribution in [0.2, 0.25) is 0 Å². The highest BCUT2D eigenvalue weighted by molar-refractivity contribution is 6.01. The molecule has 0 bridgehead atoms. The number of imide groups is 1. The van der Waals surface area contributed by atoms with Crippen LogP contribution < -0.4 is 25.0 Å². The van der Waals surface area contributed by atoms with Crippen molar-refractivity contribution in [2.45, 2.75) is 27.3 Å². The molecule has 0 aliphatic heterocycles. The maximum absolute atomic E-state index is 12.2. The average molecular weight is 400 g/mol. The molecule has 7 heteroatoms. The Morgan fingerprint density at radius 3 is 2.48 bits per heavy atom. The van der Waals surface area contributed by atoms with Gasteiger partial charge in [-0.15, -0.1) is 0 Å². The molecule has 3 amide bonds. The van der Waals surface area contributed by atoms with E-state index >= 15 is 0 Å². The highest BCUT2D eigenvalue weighted by atomic mass is 16.5. The second-order valence-electron chi connectivity index (χ2n) is 7.05. The molecule has 0 aromatic heterocycles. The summed E-state index contributed by atoms with van der Waals surface area (Å²) in [6, 6.07) is 10.9. The zero-order chi connectivity index (χ0) is 21.4. The molecule has 0 saturated carbocycles. The van der Waals surface area contributed by atoms with Gasteiger partial charge in [-0.25, -0.2) is 4.79 Å². The van der Waals surface area contributed by atoms with Gasteiger partial charge < -0.3 is 19.7 Å². The topological polar surface area (TPSA) is 81.1 Å². The molecule has 2 aromatic carbocycles. The number of amides is 3. The lowest BCUT2D eigenvalue weighted by Crippen LogP contribution is -3.09. The molecule has 3 N–H and O–H groups in total. The van der Waals surface area contributed by atoms with E-state index in [1.54, 1.807) is 7.11 Å². The molecule has 0 heterocycles. The van der Waals surface area contributed by atoms with Crippen molar-refractivity contribution in [2.24, 2.45) is 0 Å². The molecular weight excluding hydrogens is 370 g/mol. The molecule has 1 atom stereocenters. The number of likely N-dealkylation sites (N-methyl/N-ethyl adjacent to an activating group) is 1. The molecule has 0 aliphatic carbocycles. The predicted molar refractivity (Wildman–Crippen MR) is 113 cm³/mol. The summed E-state index contributed by atoms with van der Waals surface area (Å²) in [5.41, 5.74) is 3.75. The summed E-state index contributed by atoms with van der Waals surface area (Å²) >= 11 is 0. The monoisotopic (exact) mass is 400 g/mol. The Kier molecular flexibility index (Phi) is 8.03. The summed E-state index contributed by atoms with van der Waals surface area (Å²) < 4.78 is 10.9. The number of anilines is 1. The van der Waals surface area contributed by atoms with Gasteiger partial charge in [0.1, 0.15) is 6.54 Å². The third-order valence-electron chi connectivity index (χ3n) is 4.38. The molecule has 0 radical (unpaired) electrons. The van der Waals surface area contributed by atoms with Gasteiger partial charge in [-0.05, 0) is 50.6 Å². The maximum atomic E-state index is 12.2. The second kappa shape index (κ2) is 10.5. The minimum atomic E-state index is -0.530. The number of carbonyl (C=O) groups excluding carboxylic acids is 2. The van der Waals surface area contributed by atoms with E-state index in [1.165, 1.54) is 0 Å². The van der Waals surface area contributed by atoms with E-state index in [1.807, 2.05) is 64.2 Å². The van der Waals surface area contributed by atoms with Crippen LogP contribution >= 0.6 is 0 Å². The smallest absolute Gasteiger partial charge is 0.326 e. The zero-order valence-electron chi connectivity index (χ0n) is 17.7. The van der Waals surface area contributed by atoms with Crippen LogP contribution in [0.15, 0.2) is 36.4 Å². The van der Waals surface area contributed by atoms with Crippen molar-refractivity contribution < 1.29 is 24.0 Å². The molecule has 0 fully saturated rings. The van der Waals surface area contributed by atoms with Crippen LogP contribution in [0.5, 0.6) is 11.5 Å². The van der Waals surface area contributed by atoms with E-state index in [0.717, 1.165) is 21.6 Å². The number of ether oxygens (including phenoxy) is 2. The van der Waals surface area contributed by atoms with Crippen molar-refractivity contribution in [2.75, 3.05) is 32.6 Å². The second-order valence-corrected chi connectivity index (χ2v) is 7.05. The normalized spacial score (nSPS) is 11.5. The summed E-state index contributed by atoms with van der Waals surface area (Å²) in [4.78, 5) is 25.2. The van der Waals surface area contributed by atoms with Crippen molar-refractivity contribution in [1.82, 2.24) is 5.32 Å². The Bertz CT molecular complexity index is 867. The number of carbonyl (C=O) groups is 2. The van der Waals surface area contributed by atoms with Crippen LogP contribution in [0.1, 0.15) is 23.6 Å². The summed E-state index contributed by atoms with van der Waals surface area (Å²) in [6.45, 7) is 7.14. The lowest BCUT2D eigenvalue weighted by molar-refractivity contribution is -0.885. The predicted octanol–water partition coefficient (Wildman–Crippen LogP) is 2.07. The lowest BCUT2D eigenvalue weighted by atomic mass is 10.1. The van der Waals surface area contributed by atoms with Gasteiger partial charge in [0.05, 0.1) is 20.8 Å². The SMILES string of the molecule is CCOc1ccc(C[NH+](C)CC(=O)NC(=O)Nc2ccc(C)cc2C)cc1OC. The lowest BCUT2D eigenvalue weighted by Gasteiger charge is -2.16. The van der Waals surface area contributed by atoms with Crippen molar-refractivity contribution in [3.05, 3.63) is 53.1 Å². The third-order valence-corrected chi connectivity index (χ3v) is 4.38. The number of methoxy groups -OCH3 is 1. The maximum Gasteiger partial charge on any atom is 0.326 e. The fourth-order valence-corrected chi connectivity index (χ4v) is 3.06. The van der Waals surface area contributed by atoms with Crippen molar-refractivity contribution >= 4 is 17.6 Å². The molecule has 0 spiro atoms. The van der Waals surface area contributed by atoms with Crippen LogP contribution in [0, 0.1) is 13.8 Å². The number of quaternary nitrogens is 1. The van der Waals surface area contributed by atoms with Gasteiger partial charge in [0, 0.05) is 11.3 Å². The van der Waals surface area contributed by atoms with E-state index in [4.69, 9.17) is 9.47 Å². The first kappa shape index (κ1) is 22.2. The van der Waals surface area contributed by atoms with E-state index in [9.17, 15) is 9.59 Å². The molecule has 1 unspecified atom stereocenters. The molecule has 2 rings (SSSR count). The Morgan fingerprint density at radius 1 is 1.07 bits per heavy atom. The highest BCUT2D eigenvalue weighted by Gasteiger charge is 2.15. The van der Waals surface area contributed by atoms with Gasteiger partial charge >= 0.3 is 6.03 Å². The highest BCUT2D eigenvalue weighted by Crippen LogP contribution is 2.27. The van der Waals surface area contributed by atoms with E-state index in [2.05, 4.69) is 10.6 Å². The van der Waals surface area contributed by atoms with Crippen LogP contribution in [-0.4, -0.2) is 39.2 Å².